The summed E-state index contributed by atoms with van der Waals surface area (Å²) in [6, 6.07) is 2.21. The summed E-state index contributed by atoms with van der Waals surface area (Å²) in [7, 11) is 0. The van der Waals surface area contributed by atoms with E-state index in [9.17, 15) is 0 Å². The Labute approximate surface area is 131 Å². The molecule has 1 heterocycles. The average Bonchev–Trinajstić information content (AvgIpc) is 2.49. The molecule has 1 aromatic heterocycles. The fourth-order valence-electron chi connectivity index (χ4n) is 2.87. The average molecular weight is 290 g/mol. The summed E-state index contributed by atoms with van der Waals surface area (Å²) in [6.07, 6.45) is 18.6. The van der Waals surface area contributed by atoms with Crippen molar-refractivity contribution in [2.75, 3.05) is 0 Å². The van der Waals surface area contributed by atoms with Gasteiger partial charge in [-0.3, -0.25) is 4.98 Å². The summed E-state index contributed by atoms with van der Waals surface area (Å²) in [6.45, 7) is 4.40. The van der Waals surface area contributed by atoms with E-state index in [1.807, 2.05) is 18.5 Å². The third-order valence-electron chi connectivity index (χ3n) is 4.35. The first-order valence-corrected chi connectivity index (χ1v) is 8.91. The van der Waals surface area contributed by atoms with E-state index >= 15 is 0 Å². The standard InChI is InChI=1S/C19H34N2/c1-3-4-5-6-7-8-9-10-11-12-13-19(20)18-16-21-15-14-17(18)2/h14-16,19H,3-13,20H2,1-2H3. The zero-order valence-corrected chi connectivity index (χ0v) is 14.1. The van der Waals surface area contributed by atoms with Crippen LogP contribution in [0.2, 0.25) is 0 Å². The van der Waals surface area contributed by atoms with Gasteiger partial charge in [-0.05, 0) is 30.5 Å². The molecular formula is C19H34N2. The molecule has 0 radical (unpaired) electrons. The lowest BCUT2D eigenvalue weighted by Gasteiger charge is -2.13. The Hall–Kier alpha value is -0.890. The molecule has 0 spiro atoms. The van der Waals surface area contributed by atoms with Crippen molar-refractivity contribution in [2.24, 2.45) is 5.73 Å². The van der Waals surface area contributed by atoms with Crippen molar-refractivity contribution in [1.82, 2.24) is 4.98 Å². The van der Waals surface area contributed by atoms with Crippen molar-refractivity contribution in [3.8, 4) is 0 Å². The van der Waals surface area contributed by atoms with Crippen molar-refractivity contribution in [3.63, 3.8) is 0 Å². The maximum Gasteiger partial charge on any atom is 0.0318 e. The van der Waals surface area contributed by atoms with Gasteiger partial charge in [0.2, 0.25) is 0 Å². The molecule has 2 N–H and O–H groups in total. The van der Waals surface area contributed by atoms with Crippen molar-refractivity contribution < 1.29 is 0 Å². The monoisotopic (exact) mass is 290 g/mol. The van der Waals surface area contributed by atoms with Gasteiger partial charge < -0.3 is 5.73 Å². The molecule has 0 fully saturated rings. The number of nitrogens with zero attached hydrogens (tertiary/aromatic N) is 1. The van der Waals surface area contributed by atoms with Gasteiger partial charge in [-0.15, -0.1) is 0 Å². The predicted octanol–water partition coefficient (Wildman–Crippen LogP) is 5.70. The van der Waals surface area contributed by atoms with Gasteiger partial charge in [0.1, 0.15) is 0 Å². The summed E-state index contributed by atoms with van der Waals surface area (Å²) >= 11 is 0. The van der Waals surface area contributed by atoms with Gasteiger partial charge in [0, 0.05) is 18.4 Å². The highest BCUT2D eigenvalue weighted by Crippen LogP contribution is 2.20. The van der Waals surface area contributed by atoms with Crippen LogP contribution in [0.25, 0.3) is 0 Å². The fraction of sp³-hybridized carbons (Fsp3) is 0.737. The Morgan fingerprint density at radius 3 is 2.10 bits per heavy atom. The van der Waals surface area contributed by atoms with E-state index in [1.165, 1.54) is 75.3 Å². The SMILES string of the molecule is CCCCCCCCCCCCC(N)c1cnccc1C. The molecule has 1 unspecified atom stereocenters. The minimum absolute atomic E-state index is 0.160. The Kier molecular flexibility index (Phi) is 10.1. The molecular weight excluding hydrogens is 256 g/mol. The van der Waals surface area contributed by atoms with Crippen LogP contribution >= 0.6 is 0 Å². The molecule has 120 valence electrons. The molecule has 0 aliphatic heterocycles. The number of hydrogen-bond donors (Lipinski definition) is 1. The third-order valence-corrected chi connectivity index (χ3v) is 4.35. The normalized spacial score (nSPS) is 12.5. The number of pyridine rings is 1. The maximum absolute atomic E-state index is 6.26. The van der Waals surface area contributed by atoms with Gasteiger partial charge in [-0.2, -0.15) is 0 Å². The lowest BCUT2D eigenvalue weighted by atomic mass is 9.98. The highest BCUT2D eigenvalue weighted by molar-refractivity contribution is 5.24. The first-order chi connectivity index (χ1) is 10.3. The Bertz CT molecular complexity index is 362. The van der Waals surface area contributed by atoms with E-state index in [1.54, 1.807) is 0 Å². The molecule has 1 atom stereocenters. The molecule has 0 bridgehead atoms. The van der Waals surface area contributed by atoms with Gasteiger partial charge in [0.15, 0.2) is 0 Å². The minimum atomic E-state index is 0.160. The first kappa shape index (κ1) is 18.2. The lowest BCUT2D eigenvalue weighted by molar-refractivity contribution is 0.528. The van der Waals surface area contributed by atoms with Crippen molar-refractivity contribution in [1.29, 1.82) is 0 Å². The zero-order valence-electron chi connectivity index (χ0n) is 14.1. The van der Waals surface area contributed by atoms with Crippen molar-refractivity contribution >= 4 is 0 Å². The Morgan fingerprint density at radius 1 is 0.952 bits per heavy atom. The second-order valence-electron chi connectivity index (χ2n) is 6.31. The largest absolute Gasteiger partial charge is 0.324 e. The van der Waals surface area contributed by atoms with Crippen molar-refractivity contribution in [3.05, 3.63) is 29.6 Å². The van der Waals surface area contributed by atoms with E-state index in [0.29, 0.717) is 0 Å². The molecule has 0 saturated carbocycles. The third kappa shape index (κ3) is 8.21. The highest BCUT2D eigenvalue weighted by atomic mass is 14.7. The zero-order chi connectivity index (χ0) is 15.3. The molecule has 0 aliphatic rings. The number of hydrogen-bond acceptors (Lipinski definition) is 2. The van der Waals surface area contributed by atoms with Crippen LogP contribution in [-0.4, -0.2) is 4.98 Å². The van der Waals surface area contributed by atoms with Gasteiger partial charge in [-0.1, -0.05) is 71.1 Å². The molecule has 2 heteroatoms. The molecule has 21 heavy (non-hydrogen) atoms. The second-order valence-corrected chi connectivity index (χ2v) is 6.31. The number of nitrogens with two attached hydrogens (primary N) is 1. The predicted molar refractivity (Wildman–Crippen MR) is 92.4 cm³/mol. The van der Waals surface area contributed by atoms with E-state index in [2.05, 4.69) is 18.8 Å². The molecule has 2 nitrogen and oxygen atoms in total. The molecule has 0 aliphatic carbocycles. The lowest BCUT2D eigenvalue weighted by Crippen LogP contribution is -2.11. The summed E-state index contributed by atoms with van der Waals surface area (Å²) in [5.41, 5.74) is 8.75. The topological polar surface area (TPSA) is 38.9 Å². The number of aromatic nitrogens is 1. The summed E-state index contributed by atoms with van der Waals surface area (Å²) in [4.78, 5) is 4.19. The summed E-state index contributed by atoms with van der Waals surface area (Å²) in [5, 5.41) is 0. The fourth-order valence-corrected chi connectivity index (χ4v) is 2.87. The van der Waals surface area contributed by atoms with Gasteiger partial charge >= 0.3 is 0 Å². The molecule has 0 saturated heterocycles. The van der Waals surface area contributed by atoms with Gasteiger partial charge in [-0.25, -0.2) is 0 Å². The van der Waals surface area contributed by atoms with Gasteiger partial charge in [0.05, 0.1) is 0 Å². The quantitative estimate of drug-likeness (QED) is 0.501. The van der Waals surface area contributed by atoms with E-state index < -0.39 is 0 Å². The van der Waals surface area contributed by atoms with Crippen LogP contribution in [-0.2, 0) is 0 Å². The maximum atomic E-state index is 6.26. The Balaban J connectivity index is 1.98. The van der Waals surface area contributed by atoms with E-state index in [-0.39, 0.29) is 6.04 Å². The van der Waals surface area contributed by atoms with Crippen LogP contribution < -0.4 is 5.73 Å². The van der Waals surface area contributed by atoms with Crippen LogP contribution in [0.4, 0.5) is 0 Å². The molecule has 1 rings (SSSR count). The summed E-state index contributed by atoms with van der Waals surface area (Å²) < 4.78 is 0. The van der Waals surface area contributed by atoms with Crippen LogP contribution in [0.15, 0.2) is 18.5 Å². The van der Waals surface area contributed by atoms with Crippen LogP contribution in [0.1, 0.15) is 94.7 Å². The van der Waals surface area contributed by atoms with Gasteiger partial charge in [0.25, 0.3) is 0 Å². The van der Waals surface area contributed by atoms with E-state index in [4.69, 9.17) is 5.73 Å². The van der Waals surface area contributed by atoms with Crippen molar-refractivity contribution in [2.45, 2.75) is 90.5 Å². The Morgan fingerprint density at radius 2 is 1.52 bits per heavy atom. The number of unbranched alkanes of at least 4 members (excludes halogenated alkanes) is 9. The van der Waals surface area contributed by atoms with Crippen LogP contribution in [0.5, 0.6) is 0 Å². The van der Waals surface area contributed by atoms with E-state index in [0.717, 1.165) is 6.42 Å². The number of rotatable bonds is 12. The molecule has 0 amide bonds. The van der Waals surface area contributed by atoms with Crippen LogP contribution in [0.3, 0.4) is 0 Å². The number of aryl methyl sites for hydroxylation is 1. The summed E-state index contributed by atoms with van der Waals surface area (Å²) in [5.74, 6) is 0. The second kappa shape index (κ2) is 11.7. The smallest absolute Gasteiger partial charge is 0.0318 e. The molecule has 1 aromatic rings. The first-order valence-electron chi connectivity index (χ1n) is 8.91. The highest BCUT2D eigenvalue weighted by Gasteiger charge is 2.08. The molecule has 0 aromatic carbocycles. The minimum Gasteiger partial charge on any atom is -0.324 e. The van der Waals surface area contributed by atoms with Crippen LogP contribution in [0, 0.1) is 6.92 Å².